The molecular weight excluding hydrogens is 224 g/mol. The number of aryl methyl sites for hydroxylation is 1. The van der Waals surface area contributed by atoms with E-state index < -0.39 is 0 Å². The molecule has 100 valence electrons. The van der Waals surface area contributed by atoms with E-state index in [1.54, 1.807) is 0 Å². The van der Waals surface area contributed by atoms with Gasteiger partial charge >= 0.3 is 0 Å². The first-order valence-corrected chi connectivity index (χ1v) is 7.54. The van der Waals surface area contributed by atoms with E-state index in [0.29, 0.717) is 0 Å². The Morgan fingerprint density at radius 1 is 1.17 bits per heavy atom. The monoisotopic (exact) mass is 248 g/mol. The van der Waals surface area contributed by atoms with Gasteiger partial charge in [0.1, 0.15) is 0 Å². The van der Waals surface area contributed by atoms with Crippen LogP contribution >= 0.6 is 0 Å². The average molecular weight is 248 g/mol. The van der Waals surface area contributed by atoms with Crippen LogP contribution in [0.15, 0.2) is 6.20 Å². The number of nitrogens with zero attached hydrogens (tertiary/aromatic N) is 2. The Hall–Kier alpha value is -0.830. The van der Waals surface area contributed by atoms with Crippen LogP contribution in [0.1, 0.15) is 56.2 Å². The number of aliphatic hydroxyl groups is 1. The summed E-state index contributed by atoms with van der Waals surface area (Å²) in [5.74, 6) is 0.801. The van der Waals surface area contributed by atoms with Gasteiger partial charge in [0.2, 0.25) is 0 Å². The first-order valence-electron chi connectivity index (χ1n) is 7.54. The second-order valence-corrected chi connectivity index (χ2v) is 6.05. The van der Waals surface area contributed by atoms with Crippen LogP contribution in [0.2, 0.25) is 0 Å². The summed E-state index contributed by atoms with van der Waals surface area (Å²) in [6, 6.07) is 0. The maximum Gasteiger partial charge on any atom is 0.0598 e. The van der Waals surface area contributed by atoms with E-state index in [4.69, 9.17) is 0 Å². The van der Waals surface area contributed by atoms with E-state index >= 15 is 0 Å². The number of hydrogen-bond acceptors (Lipinski definition) is 2. The highest BCUT2D eigenvalue weighted by molar-refractivity contribution is 5.21. The lowest BCUT2D eigenvalue weighted by Gasteiger charge is -2.21. The van der Waals surface area contributed by atoms with Gasteiger partial charge in [0.15, 0.2) is 0 Å². The van der Waals surface area contributed by atoms with Gasteiger partial charge in [0, 0.05) is 18.7 Å². The number of aromatic nitrogens is 2. The zero-order chi connectivity index (χ0) is 12.4. The third-order valence-corrected chi connectivity index (χ3v) is 4.62. The zero-order valence-corrected chi connectivity index (χ0v) is 11.1. The molecule has 1 aromatic heterocycles. The van der Waals surface area contributed by atoms with Gasteiger partial charge in [0.05, 0.1) is 12.3 Å². The van der Waals surface area contributed by atoms with E-state index in [1.807, 2.05) is 6.20 Å². The summed E-state index contributed by atoms with van der Waals surface area (Å²) in [6.45, 7) is 1.07. The normalized spacial score (nSPS) is 25.7. The summed E-state index contributed by atoms with van der Waals surface area (Å²) in [7, 11) is 0. The molecule has 0 aliphatic heterocycles. The van der Waals surface area contributed by atoms with Gasteiger partial charge in [-0.15, -0.1) is 0 Å². The molecule has 0 spiro atoms. The highest BCUT2D eigenvalue weighted by Crippen LogP contribution is 2.27. The lowest BCUT2D eigenvalue weighted by molar-refractivity contribution is 0.154. The second-order valence-electron chi connectivity index (χ2n) is 6.05. The number of aliphatic hydroxyl groups excluding tert-OH is 1. The van der Waals surface area contributed by atoms with Crippen LogP contribution in [0.25, 0.3) is 0 Å². The molecule has 3 heteroatoms. The molecule has 0 aromatic carbocycles. The Bertz CT molecular complexity index is 391. The van der Waals surface area contributed by atoms with Crippen LogP contribution in [0.3, 0.4) is 0 Å². The third-order valence-electron chi connectivity index (χ3n) is 4.62. The molecule has 2 aliphatic carbocycles. The predicted octanol–water partition coefficient (Wildman–Crippen LogP) is 2.70. The fraction of sp³-hybridized carbons (Fsp3) is 0.800. The molecule has 0 amide bonds. The van der Waals surface area contributed by atoms with Crippen LogP contribution in [0.5, 0.6) is 0 Å². The molecule has 18 heavy (non-hydrogen) atoms. The predicted molar refractivity (Wildman–Crippen MR) is 71.5 cm³/mol. The third kappa shape index (κ3) is 2.61. The molecule has 3 rings (SSSR count). The fourth-order valence-corrected chi connectivity index (χ4v) is 3.49. The first kappa shape index (κ1) is 12.2. The number of fused-ring (bicyclic) bond motifs is 1. The van der Waals surface area contributed by atoms with Gasteiger partial charge in [-0.05, 0) is 37.2 Å². The standard InChI is InChI=1S/C15H24N2O/c18-14-8-7-13-10-16-17(15(13)9-14)11-12-5-3-1-2-4-6-12/h10,12,14,18H,1-9,11H2. The van der Waals surface area contributed by atoms with Crippen molar-refractivity contribution in [1.29, 1.82) is 0 Å². The molecule has 1 atom stereocenters. The molecule has 1 aromatic rings. The molecule has 0 radical (unpaired) electrons. The van der Waals surface area contributed by atoms with Gasteiger partial charge in [-0.2, -0.15) is 5.10 Å². The molecule has 0 saturated heterocycles. The van der Waals surface area contributed by atoms with Crippen molar-refractivity contribution in [3.8, 4) is 0 Å². The van der Waals surface area contributed by atoms with Gasteiger partial charge in [0.25, 0.3) is 0 Å². The van der Waals surface area contributed by atoms with E-state index in [1.165, 1.54) is 49.8 Å². The second kappa shape index (κ2) is 5.43. The van der Waals surface area contributed by atoms with Crippen molar-refractivity contribution < 1.29 is 5.11 Å². The topological polar surface area (TPSA) is 38.1 Å². The lowest BCUT2D eigenvalue weighted by atomic mass is 9.95. The summed E-state index contributed by atoms with van der Waals surface area (Å²) in [5.41, 5.74) is 2.67. The SMILES string of the molecule is OC1CCc2cnn(CC3CCCCCC3)c2C1. The van der Waals surface area contributed by atoms with Crippen molar-refractivity contribution in [3.05, 3.63) is 17.5 Å². The Morgan fingerprint density at radius 3 is 2.72 bits per heavy atom. The van der Waals surface area contributed by atoms with Crippen molar-refractivity contribution in [1.82, 2.24) is 9.78 Å². The summed E-state index contributed by atoms with van der Waals surface area (Å²) in [5, 5.41) is 14.4. The lowest BCUT2D eigenvalue weighted by Crippen LogP contribution is -2.22. The molecule has 1 saturated carbocycles. The van der Waals surface area contributed by atoms with E-state index in [0.717, 1.165) is 31.7 Å². The van der Waals surface area contributed by atoms with Gasteiger partial charge in [-0.25, -0.2) is 0 Å². The van der Waals surface area contributed by atoms with Gasteiger partial charge < -0.3 is 5.11 Å². The molecule has 1 N–H and O–H groups in total. The molecular formula is C15H24N2O. The van der Waals surface area contributed by atoms with Crippen molar-refractivity contribution in [2.24, 2.45) is 5.92 Å². The highest BCUT2D eigenvalue weighted by Gasteiger charge is 2.22. The van der Waals surface area contributed by atoms with Crippen LogP contribution < -0.4 is 0 Å². The van der Waals surface area contributed by atoms with E-state index in [2.05, 4.69) is 9.78 Å². The largest absolute Gasteiger partial charge is 0.393 e. The van der Waals surface area contributed by atoms with Crippen molar-refractivity contribution in [2.75, 3.05) is 0 Å². The summed E-state index contributed by atoms with van der Waals surface area (Å²) in [4.78, 5) is 0. The molecule has 0 bridgehead atoms. The van der Waals surface area contributed by atoms with Crippen LogP contribution in [0, 0.1) is 5.92 Å². The average Bonchev–Trinajstić information content (AvgIpc) is 2.60. The number of rotatable bonds is 2. The smallest absolute Gasteiger partial charge is 0.0598 e. The Labute approximate surface area is 109 Å². The zero-order valence-electron chi connectivity index (χ0n) is 11.1. The van der Waals surface area contributed by atoms with Crippen LogP contribution in [-0.2, 0) is 19.4 Å². The van der Waals surface area contributed by atoms with E-state index in [-0.39, 0.29) is 6.10 Å². The van der Waals surface area contributed by atoms with Crippen molar-refractivity contribution in [3.63, 3.8) is 0 Å². The maximum atomic E-state index is 9.81. The van der Waals surface area contributed by atoms with Crippen LogP contribution in [0.4, 0.5) is 0 Å². The first-order chi connectivity index (χ1) is 8.83. The minimum absolute atomic E-state index is 0.151. The Kier molecular flexibility index (Phi) is 3.69. The number of hydrogen-bond donors (Lipinski definition) is 1. The van der Waals surface area contributed by atoms with Gasteiger partial charge in [-0.1, -0.05) is 25.7 Å². The minimum Gasteiger partial charge on any atom is -0.393 e. The molecule has 1 fully saturated rings. The minimum atomic E-state index is -0.151. The summed E-state index contributed by atoms with van der Waals surface area (Å²) in [6.07, 6.45) is 12.9. The van der Waals surface area contributed by atoms with E-state index in [9.17, 15) is 5.11 Å². The maximum absolute atomic E-state index is 9.81. The molecule has 2 aliphatic rings. The molecule has 3 nitrogen and oxygen atoms in total. The quantitative estimate of drug-likeness (QED) is 0.817. The summed E-state index contributed by atoms with van der Waals surface area (Å²) >= 11 is 0. The highest BCUT2D eigenvalue weighted by atomic mass is 16.3. The summed E-state index contributed by atoms with van der Waals surface area (Å²) < 4.78 is 2.19. The van der Waals surface area contributed by atoms with Crippen molar-refractivity contribution >= 4 is 0 Å². The Morgan fingerprint density at radius 2 is 1.94 bits per heavy atom. The molecule has 1 heterocycles. The van der Waals surface area contributed by atoms with Gasteiger partial charge in [-0.3, -0.25) is 4.68 Å². The van der Waals surface area contributed by atoms with Crippen LogP contribution in [-0.4, -0.2) is 21.0 Å². The van der Waals surface area contributed by atoms with Crippen molar-refractivity contribution in [2.45, 2.75) is 70.4 Å². The fourth-order valence-electron chi connectivity index (χ4n) is 3.49. The Balaban J connectivity index is 1.70. The molecule has 1 unspecified atom stereocenters.